The standard InChI is InChI=1S/C15H21N5OS/c1-10(12(21)17-11-8-6-5-7-9-11)22-14-19-18-13(20(14)16)15(2,3)4/h5-10H,16H2,1-4H3,(H,17,21)/t10-/m1/s1. The minimum atomic E-state index is -0.334. The number of carbonyl (C=O) groups excluding carboxylic acids is 1. The number of amides is 1. The van der Waals surface area contributed by atoms with E-state index in [2.05, 4.69) is 15.5 Å². The molecule has 118 valence electrons. The lowest BCUT2D eigenvalue weighted by molar-refractivity contribution is -0.115. The summed E-state index contributed by atoms with van der Waals surface area (Å²) in [5.74, 6) is 6.61. The molecule has 0 aliphatic carbocycles. The monoisotopic (exact) mass is 319 g/mol. The number of anilines is 1. The van der Waals surface area contributed by atoms with Gasteiger partial charge < -0.3 is 11.2 Å². The van der Waals surface area contributed by atoms with Gasteiger partial charge in [0.15, 0.2) is 5.82 Å². The zero-order valence-corrected chi connectivity index (χ0v) is 14.0. The van der Waals surface area contributed by atoms with Crippen LogP contribution < -0.4 is 11.2 Å². The highest BCUT2D eigenvalue weighted by Gasteiger charge is 2.25. The molecular weight excluding hydrogens is 298 g/mol. The molecule has 0 radical (unpaired) electrons. The molecule has 1 amide bonds. The highest BCUT2D eigenvalue weighted by Crippen LogP contribution is 2.26. The molecular formula is C15H21N5OS. The first-order valence-corrected chi connectivity index (χ1v) is 7.90. The van der Waals surface area contributed by atoms with Crippen molar-refractivity contribution in [1.82, 2.24) is 14.9 Å². The van der Waals surface area contributed by atoms with Gasteiger partial charge >= 0.3 is 0 Å². The van der Waals surface area contributed by atoms with Crippen LogP contribution in [0.1, 0.15) is 33.5 Å². The van der Waals surface area contributed by atoms with Crippen molar-refractivity contribution in [3.63, 3.8) is 0 Å². The third-order valence-electron chi connectivity index (χ3n) is 3.03. The second-order valence-corrected chi connectivity index (χ2v) is 7.35. The predicted octanol–water partition coefficient (Wildman–Crippen LogP) is 2.41. The average molecular weight is 319 g/mol. The fraction of sp³-hybridized carbons (Fsp3) is 0.400. The number of nitrogens with one attached hydrogen (secondary N) is 1. The highest BCUT2D eigenvalue weighted by atomic mass is 32.2. The zero-order chi connectivity index (χ0) is 16.3. The van der Waals surface area contributed by atoms with Gasteiger partial charge in [0.2, 0.25) is 11.1 Å². The molecule has 0 fully saturated rings. The Morgan fingerprint density at radius 1 is 1.27 bits per heavy atom. The first-order valence-electron chi connectivity index (χ1n) is 7.02. The van der Waals surface area contributed by atoms with Crippen LogP contribution in [0.4, 0.5) is 5.69 Å². The van der Waals surface area contributed by atoms with Crippen LogP contribution in [0, 0.1) is 0 Å². The van der Waals surface area contributed by atoms with Crippen molar-refractivity contribution in [1.29, 1.82) is 0 Å². The molecule has 2 aromatic rings. The molecule has 0 aliphatic rings. The lowest BCUT2D eigenvalue weighted by Gasteiger charge is -2.17. The van der Waals surface area contributed by atoms with Crippen molar-refractivity contribution in [3.05, 3.63) is 36.2 Å². The number of thioether (sulfide) groups is 1. The molecule has 0 spiro atoms. The van der Waals surface area contributed by atoms with Crippen LogP contribution in [0.3, 0.4) is 0 Å². The van der Waals surface area contributed by atoms with Crippen molar-refractivity contribution >= 4 is 23.4 Å². The first kappa shape index (κ1) is 16.4. The number of nitrogen functional groups attached to an aromatic ring is 1. The summed E-state index contributed by atoms with van der Waals surface area (Å²) in [6.07, 6.45) is 0. The van der Waals surface area contributed by atoms with E-state index >= 15 is 0 Å². The normalized spacial score (nSPS) is 12.9. The Bertz CT molecular complexity index is 648. The molecule has 22 heavy (non-hydrogen) atoms. The van der Waals surface area contributed by atoms with Gasteiger partial charge in [-0.1, -0.05) is 50.7 Å². The van der Waals surface area contributed by atoms with Crippen molar-refractivity contribution in [2.45, 2.75) is 43.5 Å². The van der Waals surface area contributed by atoms with E-state index in [1.165, 1.54) is 16.4 Å². The number of para-hydroxylation sites is 1. The molecule has 1 aromatic carbocycles. The van der Waals surface area contributed by atoms with E-state index in [4.69, 9.17) is 5.84 Å². The summed E-state index contributed by atoms with van der Waals surface area (Å²) in [5, 5.41) is 11.3. The van der Waals surface area contributed by atoms with E-state index in [9.17, 15) is 4.79 Å². The zero-order valence-electron chi connectivity index (χ0n) is 13.2. The summed E-state index contributed by atoms with van der Waals surface area (Å²) in [7, 11) is 0. The Kier molecular flexibility index (Phi) is 4.75. The van der Waals surface area contributed by atoms with Crippen LogP contribution >= 0.6 is 11.8 Å². The summed E-state index contributed by atoms with van der Waals surface area (Å²) >= 11 is 1.29. The lowest BCUT2D eigenvalue weighted by atomic mass is 9.96. The number of hydrogen-bond acceptors (Lipinski definition) is 5. The van der Waals surface area contributed by atoms with E-state index in [1.54, 1.807) is 0 Å². The molecule has 0 bridgehead atoms. The van der Waals surface area contributed by atoms with Gasteiger partial charge in [0, 0.05) is 11.1 Å². The summed E-state index contributed by atoms with van der Waals surface area (Å²) in [6.45, 7) is 7.86. The SMILES string of the molecule is C[C@@H](Sc1nnc(C(C)(C)C)n1N)C(=O)Nc1ccccc1. The van der Waals surface area contributed by atoms with Gasteiger partial charge in [0.1, 0.15) is 0 Å². The van der Waals surface area contributed by atoms with Crippen LogP contribution in [-0.4, -0.2) is 26.0 Å². The Morgan fingerprint density at radius 2 is 1.91 bits per heavy atom. The molecule has 1 atom stereocenters. The van der Waals surface area contributed by atoms with E-state index in [0.717, 1.165) is 5.69 Å². The quantitative estimate of drug-likeness (QED) is 0.667. The van der Waals surface area contributed by atoms with Crippen LogP contribution in [0.15, 0.2) is 35.5 Å². The van der Waals surface area contributed by atoms with E-state index < -0.39 is 0 Å². The smallest absolute Gasteiger partial charge is 0.237 e. The predicted molar refractivity (Wildman–Crippen MR) is 89.3 cm³/mol. The Balaban J connectivity index is 2.04. The molecule has 1 heterocycles. The number of nitrogens with zero attached hydrogens (tertiary/aromatic N) is 3. The second kappa shape index (κ2) is 6.39. The maximum absolute atomic E-state index is 12.2. The highest BCUT2D eigenvalue weighted by molar-refractivity contribution is 8.00. The molecule has 0 saturated carbocycles. The minimum absolute atomic E-state index is 0.100. The van der Waals surface area contributed by atoms with Crippen molar-refractivity contribution in [3.8, 4) is 0 Å². The summed E-state index contributed by atoms with van der Waals surface area (Å²) in [4.78, 5) is 12.2. The molecule has 2 rings (SSSR count). The van der Waals surface area contributed by atoms with Crippen LogP contribution in [0.2, 0.25) is 0 Å². The van der Waals surface area contributed by atoms with Crippen LogP contribution in [0.25, 0.3) is 0 Å². The number of aromatic nitrogens is 3. The maximum atomic E-state index is 12.2. The number of hydrogen-bond donors (Lipinski definition) is 2. The van der Waals surface area contributed by atoms with E-state index in [0.29, 0.717) is 11.0 Å². The number of nitrogens with two attached hydrogens (primary N) is 1. The van der Waals surface area contributed by atoms with E-state index in [1.807, 2.05) is 58.0 Å². The van der Waals surface area contributed by atoms with Crippen molar-refractivity contribution in [2.24, 2.45) is 0 Å². The second-order valence-electron chi connectivity index (χ2n) is 6.04. The van der Waals surface area contributed by atoms with Gasteiger partial charge in [-0.2, -0.15) is 0 Å². The molecule has 6 nitrogen and oxygen atoms in total. The van der Waals surface area contributed by atoms with Gasteiger partial charge in [-0.3, -0.25) is 4.79 Å². The summed E-state index contributed by atoms with van der Waals surface area (Å²) in [6, 6.07) is 9.34. The van der Waals surface area contributed by atoms with Crippen molar-refractivity contribution in [2.75, 3.05) is 11.2 Å². The fourth-order valence-corrected chi connectivity index (χ4v) is 2.62. The molecule has 7 heteroatoms. The van der Waals surface area contributed by atoms with Crippen LogP contribution in [-0.2, 0) is 10.2 Å². The number of carbonyl (C=O) groups is 1. The summed E-state index contributed by atoms with van der Waals surface area (Å²) in [5.41, 5.74) is 0.570. The Morgan fingerprint density at radius 3 is 2.45 bits per heavy atom. The average Bonchev–Trinajstić information content (AvgIpc) is 2.81. The van der Waals surface area contributed by atoms with Crippen molar-refractivity contribution < 1.29 is 4.79 Å². The largest absolute Gasteiger partial charge is 0.336 e. The third kappa shape index (κ3) is 3.79. The van der Waals surface area contributed by atoms with Crippen LogP contribution in [0.5, 0.6) is 0 Å². The summed E-state index contributed by atoms with van der Waals surface area (Å²) < 4.78 is 1.46. The fourth-order valence-electron chi connectivity index (χ4n) is 1.85. The molecule has 0 aliphatic heterocycles. The third-order valence-corrected chi connectivity index (χ3v) is 4.08. The topological polar surface area (TPSA) is 85.8 Å². The van der Waals surface area contributed by atoms with Gasteiger partial charge in [0.25, 0.3) is 0 Å². The molecule has 0 saturated heterocycles. The van der Waals surface area contributed by atoms with Gasteiger partial charge in [-0.15, -0.1) is 10.2 Å². The molecule has 0 unspecified atom stereocenters. The maximum Gasteiger partial charge on any atom is 0.237 e. The lowest BCUT2D eigenvalue weighted by Crippen LogP contribution is -2.26. The first-order chi connectivity index (χ1) is 10.3. The van der Waals surface area contributed by atoms with E-state index in [-0.39, 0.29) is 16.6 Å². The Hall–Kier alpha value is -2.02. The van der Waals surface area contributed by atoms with Gasteiger partial charge in [-0.05, 0) is 19.1 Å². The minimum Gasteiger partial charge on any atom is -0.336 e. The van der Waals surface area contributed by atoms with Gasteiger partial charge in [0.05, 0.1) is 5.25 Å². The van der Waals surface area contributed by atoms with Gasteiger partial charge in [-0.25, -0.2) is 4.68 Å². The molecule has 1 aromatic heterocycles. The Labute approximate surface area is 134 Å². The molecule has 3 N–H and O–H groups in total. The number of benzene rings is 1. The number of rotatable bonds is 4.